The van der Waals surface area contributed by atoms with Crippen molar-refractivity contribution >= 4 is 5.82 Å². The van der Waals surface area contributed by atoms with E-state index in [1.165, 1.54) is 36.0 Å². The van der Waals surface area contributed by atoms with Crippen molar-refractivity contribution in [3.05, 3.63) is 83.3 Å². The van der Waals surface area contributed by atoms with E-state index < -0.39 is 0 Å². The Morgan fingerprint density at radius 2 is 1.58 bits per heavy atom. The summed E-state index contributed by atoms with van der Waals surface area (Å²) in [6.07, 6.45) is 7.34. The van der Waals surface area contributed by atoms with Gasteiger partial charge >= 0.3 is 0 Å². The Hall–Kier alpha value is -2.92. The van der Waals surface area contributed by atoms with Gasteiger partial charge in [-0.1, -0.05) is 48.4 Å². The zero-order chi connectivity index (χ0) is 21.1. The maximum atomic E-state index is 5.98. The molecule has 0 unspecified atom stereocenters. The van der Waals surface area contributed by atoms with Crippen LogP contribution in [0.4, 0.5) is 5.82 Å². The summed E-state index contributed by atoms with van der Waals surface area (Å²) in [7, 11) is 0. The number of morpholine rings is 1. The third-order valence-electron chi connectivity index (χ3n) is 6.63. The minimum Gasteiger partial charge on any atom is -0.487 e. The van der Waals surface area contributed by atoms with Crippen molar-refractivity contribution in [2.75, 3.05) is 31.2 Å². The normalized spacial score (nSPS) is 17.8. The van der Waals surface area contributed by atoms with Gasteiger partial charge in [0, 0.05) is 18.5 Å². The summed E-state index contributed by atoms with van der Waals surface area (Å²) in [4.78, 5) is 11.3. The van der Waals surface area contributed by atoms with Gasteiger partial charge in [0.25, 0.3) is 0 Å². The third kappa shape index (κ3) is 4.15. The lowest BCUT2D eigenvalue weighted by Crippen LogP contribution is -2.36. The van der Waals surface area contributed by atoms with E-state index in [2.05, 4.69) is 70.3 Å². The predicted molar refractivity (Wildman–Crippen MR) is 122 cm³/mol. The van der Waals surface area contributed by atoms with Gasteiger partial charge in [-0.25, -0.2) is 4.98 Å². The molecule has 3 aromatic rings. The molecule has 0 atom stereocenters. The molecule has 0 radical (unpaired) electrons. The molecule has 2 aromatic carbocycles. The fraction of sp³-hybridized carbons (Fsp3) is 0.385. The van der Waals surface area contributed by atoms with Crippen LogP contribution >= 0.6 is 0 Å². The smallest absolute Gasteiger partial charge is 0.147 e. The van der Waals surface area contributed by atoms with Gasteiger partial charge in [-0.15, -0.1) is 0 Å². The van der Waals surface area contributed by atoms with Crippen LogP contribution in [0.25, 0.3) is 0 Å². The molecular formula is C26H29N3O2. The lowest BCUT2D eigenvalue weighted by Gasteiger charge is -2.43. The summed E-state index contributed by atoms with van der Waals surface area (Å²) in [5, 5.41) is 0. The van der Waals surface area contributed by atoms with Crippen LogP contribution in [0.15, 0.2) is 60.9 Å². The monoisotopic (exact) mass is 415 g/mol. The van der Waals surface area contributed by atoms with E-state index in [9.17, 15) is 0 Å². The van der Waals surface area contributed by atoms with Gasteiger partial charge in [-0.05, 0) is 43.0 Å². The quantitative estimate of drug-likeness (QED) is 0.585. The Balaban J connectivity index is 1.23. The molecule has 1 aliphatic heterocycles. The standard InChI is InChI=1S/C26H29N3O2/c1-20-3-5-21(6-4-20)26(11-2-12-26)22-7-9-24(10-8-22)31-19-23-17-28-25(18-27-23)29-13-15-30-16-14-29/h3-10,17-18H,2,11-16,19H2,1H3. The average molecular weight is 416 g/mol. The Bertz CT molecular complexity index is 990. The molecule has 0 N–H and O–H groups in total. The van der Waals surface area contributed by atoms with E-state index >= 15 is 0 Å². The van der Waals surface area contributed by atoms with Crippen molar-refractivity contribution in [1.29, 1.82) is 0 Å². The van der Waals surface area contributed by atoms with E-state index in [1.54, 1.807) is 6.20 Å². The maximum absolute atomic E-state index is 5.98. The summed E-state index contributed by atoms with van der Waals surface area (Å²) in [5.74, 6) is 1.76. The van der Waals surface area contributed by atoms with Crippen LogP contribution in [0, 0.1) is 6.92 Å². The predicted octanol–water partition coefficient (Wildman–Crippen LogP) is 4.67. The second kappa shape index (κ2) is 8.67. The van der Waals surface area contributed by atoms with Crippen molar-refractivity contribution in [3.8, 4) is 5.75 Å². The van der Waals surface area contributed by atoms with Crippen LogP contribution in [-0.4, -0.2) is 36.3 Å². The van der Waals surface area contributed by atoms with Gasteiger partial charge < -0.3 is 14.4 Å². The molecule has 2 heterocycles. The Morgan fingerprint density at radius 1 is 0.903 bits per heavy atom. The van der Waals surface area contributed by atoms with Crippen LogP contribution < -0.4 is 9.64 Å². The highest BCUT2D eigenvalue weighted by Gasteiger charge is 2.40. The first-order chi connectivity index (χ1) is 15.2. The van der Waals surface area contributed by atoms with E-state index in [4.69, 9.17) is 9.47 Å². The lowest BCUT2D eigenvalue weighted by molar-refractivity contribution is 0.122. The van der Waals surface area contributed by atoms with Crippen LogP contribution in [0.3, 0.4) is 0 Å². The van der Waals surface area contributed by atoms with Crippen molar-refractivity contribution in [3.63, 3.8) is 0 Å². The molecule has 5 rings (SSSR count). The number of rotatable bonds is 6. The molecule has 2 fully saturated rings. The van der Waals surface area contributed by atoms with Crippen LogP contribution in [-0.2, 0) is 16.8 Å². The van der Waals surface area contributed by atoms with Gasteiger partial charge in [0.1, 0.15) is 18.2 Å². The average Bonchev–Trinajstić information content (AvgIpc) is 2.80. The fourth-order valence-corrected chi connectivity index (χ4v) is 4.55. The molecule has 31 heavy (non-hydrogen) atoms. The van der Waals surface area contributed by atoms with Gasteiger partial charge in [-0.3, -0.25) is 4.98 Å². The first-order valence-corrected chi connectivity index (χ1v) is 11.2. The molecule has 0 spiro atoms. The van der Waals surface area contributed by atoms with Gasteiger partial charge in [-0.2, -0.15) is 0 Å². The molecule has 5 nitrogen and oxygen atoms in total. The van der Waals surface area contributed by atoms with Gasteiger partial charge in [0.05, 0.1) is 31.3 Å². The molecule has 0 bridgehead atoms. The third-order valence-corrected chi connectivity index (χ3v) is 6.63. The zero-order valence-electron chi connectivity index (χ0n) is 18.1. The van der Waals surface area contributed by atoms with Gasteiger partial charge in [0.15, 0.2) is 0 Å². The molecule has 2 aliphatic rings. The molecule has 1 aromatic heterocycles. The number of benzene rings is 2. The number of nitrogens with zero attached hydrogens (tertiary/aromatic N) is 3. The molecule has 0 amide bonds. The first-order valence-electron chi connectivity index (χ1n) is 11.2. The lowest BCUT2D eigenvalue weighted by atomic mass is 9.60. The summed E-state index contributed by atoms with van der Waals surface area (Å²) in [5.41, 5.74) is 5.10. The van der Waals surface area contributed by atoms with Crippen LogP contribution in [0.5, 0.6) is 5.75 Å². The van der Waals surface area contributed by atoms with E-state index in [0.29, 0.717) is 6.61 Å². The van der Waals surface area contributed by atoms with Crippen LogP contribution in [0.2, 0.25) is 0 Å². The molecule has 160 valence electrons. The summed E-state index contributed by atoms with van der Waals surface area (Å²) < 4.78 is 11.4. The van der Waals surface area contributed by atoms with Gasteiger partial charge in [0.2, 0.25) is 0 Å². The second-order valence-corrected chi connectivity index (χ2v) is 8.58. The Labute approximate surface area is 184 Å². The Kier molecular flexibility index (Phi) is 5.60. The van der Waals surface area contributed by atoms with E-state index in [-0.39, 0.29) is 5.41 Å². The molecule has 1 saturated carbocycles. The number of hydrogen-bond acceptors (Lipinski definition) is 5. The largest absolute Gasteiger partial charge is 0.487 e. The van der Waals surface area contributed by atoms with Crippen LogP contribution in [0.1, 0.15) is 41.6 Å². The SMILES string of the molecule is Cc1ccc(C2(c3ccc(OCc4cnc(N5CCOCC5)cn4)cc3)CCC2)cc1. The highest BCUT2D eigenvalue weighted by molar-refractivity contribution is 5.44. The first kappa shape index (κ1) is 20.0. The highest BCUT2D eigenvalue weighted by atomic mass is 16.5. The minimum absolute atomic E-state index is 0.160. The Morgan fingerprint density at radius 3 is 2.16 bits per heavy atom. The van der Waals surface area contributed by atoms with Crippen molar-refractivity contribution in [1.82, 2.24) is 9.97 Å². The molecule has 1 aliphatic carbocycles. The number of ether oxygens (including phenoxy) is 2. The van der Waals surface area contributed by atoms with Crippen molar-refractivity contribution in [2.24, 2.45) is 0 Å². The van der Waals surface area contributed by atoms with Crippen molar-refractivity contribution < 1.29 is 9.47 Å². The molecule has 1 saturated heterocycles. The van der Waals surface area contributed by atoms with Crippen molar-refractivity contribution in [2.45, 2.75) is 38.2 Å². The maximum Gasteiger partial charge on any atom is 0.147 e. The summed E-state index contributed by atoms with van der Waals surface area (Å²) >= 11 is 0. The zero-order valence-corrected chi connectivity index (χ0v) is 18.1. The molecule has 5 heteroatoms. The number of aryl methyl sites for hydroxylation is 1. The van der Waals surface area contributed by atoms with E-state index in [0.717, 1.165) is 43.6 Å². The topological polar surface area (TPSA) is 47.5 Å². The summed E-state index contributed by atoms with van der Waals surface area (Å²) in [6.45, 7) is 5.77. The highest BCUT2D eigenvalue weighted by Crippen LogP contribution is 2.49. The minimum atomic E-state index is 0.160. The van der Waals surface area contributed by atoms with E-state index in [1.807, 2.05) is 6.20 Å². The number of hydrogen-bond donors (Lipinski definition) is 0. The second-order valence-electron chi connectivity index (χ2n) is 8.58. The fourth-order valence-electron chi connectivity index (χ4n) is 4.55. The number of anilines is 1. The summed E-state index contributed by atoms with van der Waals surface area (Å²) in [6, 6.07) is 17.6. The number of aromatic nitrogens is 2. The molecular weight excluding hydrogens is 386 g/mol.